The van der Waals surface area contributed by atoms with Crippen LogP contribution in [0, 0.1) is 12.8 Å². The van der Waals surface area contributed by atoms with Crippen molar-refractivity contribution in [3.8, 4) is 5.75 Å². The van der Waals surface area contributed by atoms with E-state index in [4.69, 9.17) is 23.2 Å². The average molecular weight is 562 g/mol. The van der Waals surface area contributed by atoms with E-state index < -0.39 is 11.0 Å². The number of rotatable bonds is 5. The monoisotopic (exact) mass is 560 g/mol. The Hall–Kier alpha value is -1.83. The van der Waals surface area contributed by atoms with Crippen LogP contribution in [0.4, 0.5) is 0 Å². The fraction of sp³-hybridized carbons (Fsp3) is 0.567. The molecule has 2 aromatic carbocycles. The number of amides is 1. The number of phenols is 1. The Kier molecular flexibility index (Phi) is 7.28. The molecule has 2 bridgehead atoms. The second-order valence-corrected chi connectivity index (χ2v) is 12.8. The van der Waals surface area contributed by atoms with Gasteiger partial charge in [-0.15, -0.1) is 0 Å². The van der Waals surface area contributed by atoms with Crippen molar-refractivity contribution in [3.05, 3.63) is 62.6 Å². The zero-order valence-electron chi connectivity index (χ0n) is 22.1. The Balaban J connectivity index is 0.00000294. The number of aromatic hydroxyl groups is 1. The second kappa shape index (κ2) is 9.97. The average Bonchev–Trinajstić information content (AvgIpc) is 3.68. The Morgan fingerprint density at radius 3 is 2.61 bits per heavy atom. The quantitative estimate of drug-likeness (QED) is 0.564. The van der Waals surface area contributed by atoms with Gasteiger partial charge < -0.3 is 20.6 Å². The number of carbonyl (C=O) groups is 1. The smallest absolute Gasteiger partial charge is 0.226 e. The van der Waals surface area contributed by atoms with Gasteiger partial charge in [0.1, 0.15) is 5.75 Å². The van der Waals surface area contributed by atoms with Crippen LogP contribution in [0.2, 0.25) is 10.0 Å². The van der Waals surface area contributed by atoms with E-state index in [9.17, 15) is 15.0 Å². The number of piperidine rings is 1. The lowest BCUT2D eigenvalue weighted by Gasteiger charge is -2.65. The van der Waals surface area contributed by atoms with Crippen LogP contribution in [0.5, 0.6) is 5.75 Å². The predicted octanol–water partition coefficient (Wildman–Crippen LogP) is 4.45. The molecule has 1 aliphatic heterocycles. The van der Waals surface area contributed by atoms with Gasteiger partial charge in [-0.3, -0.25) is 9.69 Å². The number of hydrogen-bond acceptors (Lipinski definition) is 4. The molecule has 6 nitrogen and oxygen atoms in total. The maximum absolute atomic E-state index is 13.4. The van der Waals surface area contributed by atoms with Crippen molar-refractivity contribution in [1.82, 2.24) is 9.80 Å². The number of hydrogen-bond donors (Lipinski definition) is 2. The molecule has 2 aromatic rings. The third-order valence-electron chi connectivity index (χ3n) is 9.97. The zero-order valence-corrected chi connectivity index (χ0v) is 23.7. The maximum Gasteiger partial charge on any atom is 0.226 e. The van der Waals surface area contributed by atoms with Crippen LogP contribution in [0.25, 0.3) is 0 Å². The Labute approximate surface area is 234 Å². The van der Waals surface area contributed by atoms with Gasteiger partial charge in [-0.1, -0.05) is 35.3 Å². The van der Waals surface area contributed by atoms with Crippen molar-refractivity contribution in [2.45, 2.75) is 81.4 Å². The summed E-state index contributed by atoms with van der Waals surface area (Å²) in [5.74, 6) is 1.10. The van der Waals surface area contributed by atoms with E-state index in [1.54, 1.807) is 12.1 Å². The number of likely N-dealkylation sites (tertiary alicyclic amines) is 1. The molecule has 6 rings (SSSR count). The van der Waals surface area contributed by atoms with Gasteiger partial charge in [0.05, 0.1) is 22.1 Å². The normalized spacial score (nSPS) is 30.1. The van der Waals surface area contributed by atoms with Crippen molar-refractivity contribution in [2.75, 3.05) is 20.1 Å². The molecule has 3 aliphatic carbocycles. The molecule has 4 aliphatic rings. The number of nitrogens with zero attached hydrogens (tertiary/aromatic N) is 2. The van der Waals surface area contributed by atoms with Gasteiger partial charge in [0.25, 0.3) is 0 Å². The number of phenolic OH excluding ortho intramolecular Hbond substituents is 1. The van der Waals surface area contributed by atoms with Crippen LogP contribution >= 0.6 is 23.2 Å². The van der Waals surface area contributed by atoms with Crippen LogP contribution in [0.15, 0.2) is 30.3 Å². The topological polar surface area (TPSA) is 95.5 Å². The lowest BCUT2D eigenvalue weighted by molar-refractivity contribution is -0.178. The molecular weight excluding hydrogens is 523 g/mol. The van der Waals surface area contributed by atoms with E-state index in [2.05, 4.69) is 11.0 Å². The summed E-state index contributed by atoms with van der Waals surface area (Å²) in [5, 5.41) is 24.3. The molecule has 0 spiro atoms. The second-order valence-electron chi connectivity index (χ2n) is 12.0. The fourth-order valence-electron chi connectivity index (χ4n) is 7.78. The number of fused-ring (bicyclic) bond motifs is 1. The summed E-state index contributed by atoms with van der Waals surface area (Å²) < 4.78 is 0. The molecule has 3 fully saturated rings. The van der Waals surface area contributed by atoms with Crippen molar-refractivity contribution in [3.63, 3.8) is 0 Å². The van der Waals surface area contributed by atoms with Gasteiger partial charge in [0, 0.05) is 31.1 Å². The Bertz CT molecular complexity index is 1250. The first-order chi connectivity index (χ1) is 17.6. The summed E-state index contributed by atoms with van der Waals surface area (Å²) >= 11 is 12.3. The summed E-state index contributed by atoms with van der Waals surface area (Å²) in [5.41, 5.74) is 2.76. The third kappa shape index (κ3) is 4.33. The molecule has 0 radical (unpaired) electrons. The highest BCUT2D eigenvalue weighted by atomic mass is 35.5. The fourth-order valence-corrected chi connectivity index (χ4v) is 8.10. The molecule has 1 saturated heterocycles. The van der Waals surface area contributed by atoms with Crippen LogP contribution in [0.1, 0.15) is 60.8 Å². The Morgan fingerprint density at radius 1 is 1.13 bits per heavy atom. The number of halogens is 2. The van der Waals surface area contributed by atoms with Gasteiger partial charge in [-0.05, 0) is 105 Å². The van der Waals surface area contributed by atoms with Crippen molar-refractivity contribution >= 4 is 29.1 Å². The Morgan fingerprint density at radius 2 is 1.89 bits per heavy atom. The summed E-state index contributed by atoms with van der Waals surface area (Å²) in [6, 6.07) is 9.31. The molecule has 1 heterocycles. The summed E-state index contributed by atoms with van der Waals surface area (Å²) in [7, 11) is 1.89. The van der Waals surface area contributed by atoms with Gasteiger partial charge >= 0.3 is 0 Å². The van der Waals surface area contributed by atoms with Crippen LogP contribution in [-0.2, 0) is 23.1 Å². The molecule has 2 unspecified atom stereocenters. The highest BCUT2D eigenvalue weighted by molar-refractivity contribution is 6.42. The van der Waals surface area contributed by atoms with Gasteiger partial charge in [-0.2, -0.15) is 0 Å². The predicted molar refractivity (Wildman–Crippen MR) is 150 cm³/mol. The molecule has 4 N–H and O–H groups in total. The first kappa shape index (κ1) is 27.7. The minimum Gasteiger partial charge on any atom is -0.508 e. The highest BCUT2D eigenvalue weighted by Gasteiger charge is 2.65. The summed E-state index contributed by atoms with van der Waals surface area (Å²) in [4.78, 5) is 17.8. The van der Waals surface area contributed by atoms with Crippen LogP contribution < -0.4 is 0 Å². The van der Waals surface area contributed by atoms with Gasteiger partial charge in [-0.25, -0.2) is 0 Å². The number of likely N-dealkylation sites (N-methyl/N-ethyl adjacent to an activating group) is 1. The molecule has 38 heavy (non-hydrogen) atoms. The highest BCUT2D eigenvalue weighted by Crippen LogP contribution is 2.60. The SMILES string of the molecule is Cc1c(O)ccc2c1[C@]13CCN(CC4CC4)[C@H](C2)C1(O)CCC(N(C)C(=O)Cc1ccc(Cl)c(Cl)c1)C3.O. The van der Waals surface area contributed by atoms with Crippen LogP contribution in [0.3, 0.4) is 0 Å². The molecule has 1 amide bonds. The van der Waals surface area contributed by atoms with E-state index in [1.165, 1.54) is 18.4 Å². The largest absolute Gasteiger partial charge is 0.508 e. The van der Waals surface area contributed by atoms with Crippen molar-refractivity contribution < 1.29 is 20.5 Å². The lowest BCUT2D eigenvalue weighted by atomic mass is 9.48. The van der Waals surface area contributed by atoms with Crippen LogP contribution in [-0.4, -0.2) is 69.2 Å². The number of carbonyl (C=O) groups excluding carboxylic acids is 1. The zero-order chi connectivity index (χ0) is 26.1. The third-order valence-corrected chi connectivity index (χ3v) is 10.7. The van der Waals surface area contributed by atoms with Gasteiger partial charge in [0.2, 0.25) is 5.91 Å². The molecule has 4 atom stereocenters. The van der Waals surface area contributed by atoms with Gasteiger partial charge in [0.15, 0.2) is 0 Å². The number of aliphatic hydroxyl groups is 1. The summed E-state index contributed by atoms with van der Waals surface area (Å²) in [6.07, 6.45) is 6.64. The molecule has 206 valence electrons. The summed E-state index contributed by atoms with van der Waals surface area (Å²) in [6.45, 7) is 4.01. The maximum atomic E-state index is 13.4. The standard InChI is InChI=1S/C30H36Cl2N2O3.H2O/c1-18-25(35)8-6-21-15-26-30(37)10-9-22(33(2)27(36)14-20-5-7-23(31)24(32)13-20)16-29(30,28(18)21)11-12-34(26)17-19-3-4-19;/h5-8,13,19,22,26,35,37H,3-4,9-12,14-17H2,1-2H3;1H2/t22?,26-,29-,30?;/m1./s1. The molecular formula is C30H38Cl2N2O4. The minimum absolute atomic E-state index is 0. The minimum atomic E-state index is -0.865. The van der Waals surface area contributed by atoms with E-state index >= 15 is 0 Å². The van der Waals surface area contributed by atoms with E-state index in [0.717, 1.165) is 55.0 Å². The number of benzene rings is 2. The van der Waals surface area contributed by atoms with E-state index in [1.807, 2.05) is 31.0 Å². The van der Waals surface area contributed by atoms with Crippen molar-refractivity contribution in [1.29, 1.82) is 0 Å². The van der Waals surface area contributed by atoms with E-state index in [-0.39, 0.29) is 29.9 Å². The molecule has 0 aromatic heterocycles. The molecule has 2 saturated carbocycles. The first-order valence-electron chi connectivity index (χ1n) is 13.6. The lowest BCUT2D eigenvalue weighted by Crippen LogP contribution is -2.74. The first-order valence-corrected chi connectivity index (χ1v) is 14.4. The molecule has 8 heteroatoms. The van der Waals surface area contributed by atoms with E-state index in [0.29, 0.717) is 28.6 Å². The van der Waals surface area contributed by atoms with Crippen molar-refractivity contribution in [2.24, 2.45) is 5.92 Å².